The predicted octanol–water partition coefficient (Wildman–Crippen LogP) is 3.75. The number of amides is 1. The van der Waals surface area contributed by atoms with E-state index in [1.54, 1.807) is 31.2 Å². The number of pyridine rings is 1. The number of para-hydroxylation sites is 1. The van der Waals surface area contributed by atoms with E-state index in [2.05, 4.69) is 15.5 Å². The van der Waals surface area contributed by atoms with Crippen LogP contribution in [0.2, 0.25) is 10.0 Å². The van der Waals surface area contributed by atoms with Gasteiger partial charge in [-0.2, -0.15) is 5.10 Å². The van der Waals surface area contributed by atoms with Crippen LogP contribution in [0, 0.1) is 0 Å². The molecule has 1 unspecified atom stereocenters. The van der Waals surface area contributed by atoms with Crippen LogP contribution in [0.4, 0.5) is 0 Å². The fourth-order valence-electron chi connectivity index (χ4n) is 2.33. The first-order valence-corrected chi connectivity index (χ1v) is 8.76. The van der Waals surface area contributed by atoms with E-state index in [1.807, 2.05) is 18.2 Å². The van der Waals surface area contributed by atoms with Gasteiger partial charge in [0, 0.05) is 10.5 Å². The molecule has 0 bridgehead atoms. The lowest BCUT2D eigenvalue weighted by Gasteiger charge is -2.14. The number of aromatic amines is 1. The zero-order valence-electron chi connectivity index (χ0n) is 14.2. The summed E-state index contributed by atoms with van der Waals surface area (Å²) in [5.74, 6) is -0.159. The third-order valence-electron chi connectivity index (χ3n) is 3.73. The maximum absolute atomic E-state index is 12.1. The molecule has 2 N–H and O–H groups in total. The Bertz CT molecular complexity index is 1080. The summed E-state index contributed by atoms with van der Waals surface area (Å²) in [6, 6.07) is 13.8. The number of nitrogens with zero attached hydrogens (tertiary/aromatic N) is 1. The molecule has 0 aliphatic rings. The number of benzene rings is 2. The van der Waals surface area contributed by atoms with Gasteiger partial charge in [0.2, 0.25) is 0 Å². The minimum Gasteiger partial charge on any atom is -0.479 e. The van der Waals surface area contributed by atoms with Crippen molar-refractivity contribution in [1.82, 2.24) is 10.4 Å². The first-order chi connectivity index (χ1) is 12.9. The average molecular weight is 404 g/mol. The normalized spacial score (nSPS) is 12.3. The smallest absolute Gasteiger partial charge is 0.280 e. The van der Waals surface area contributed by atoms with Crippen molar-refractivity contribution in [3.05, 3.63) is 74.5 Å². The number of carbonyl (C=O) groups is 1. The number of hydrazone groups is 1. The molecule has 138 valence electrons. The van der Waals surface area contributed by atoms with Gasteiger partial charge in [0.1, 0.15) is 5.75 Å². The van der Waals surface area contributed by atoms with Crippen LogP contribution in [-0.4, -0.2) is 23.2 Å². The highest BCUT2D eigenvalue weighted by Gasteiger charge is 2.15. The van der Waals surface area contributed by atoms with Gasteiger partial charge in [0.05, 0.1) is 16.8 Å². The summed E-state index contributed by atoms with van der Waals surface area (Å²) in [6.07, 6.45) is 0.432. The standard InChI is InChI=1S/C19H15Cl2N3O3/c1-11(27-17-7-6-14(20)9-15(17)21)18(25)24-22-10-13-8-12-4-2-3-5-16(12)23-19(13)26/h2-11H,1H3,(H,23,26)(H,24,25)/b22-10+. The van der Waals surface area contributed by atoms with Gasteiger partial charge in [-0.25, -0.2) is 5.43 Å². The molecule has 1 atom stereocenters. The number of nitrogens with one attached hydrogen (secondary N) is 2. The fourth-order valence-corrected chi connectivity index (χ4v) is 2.78. The van der Waals surface area contributed by atoms with Crippen LogP contribution >= 0.6 is 23.2 Å². The number of aromatic nitrogens is 1. The molecule has 1 heterocycles. The molecular formula is C19H15Cl2N3O3. The first-order valence-electron chi connectivity index (χ1n) is 8.01. The van der Waals surface area contributed by atoms with Crippen molar-refractivity contribution in [2.24, 2.45) is 5.10 Å². The van der Waals surface area contributed by atoms with Gasteiger partial charge in [-0.05, 0) is 42.6 Å². The predicted molar refractivity (Wildman–Crippen MR) is 107 cm³/mol. The number of carbonyl (C=O) groups excluding carboxylic acids is 1. The van der Waals surface area contributed by atoms with E-state index in [-0.39, 0.29) is 5.56 Å². The van der Waals surface area contributed by atoms with E-state index >= 15 is 0 Å². The second-order valence-electron chi connectivity index (χ2n) is 5.71. The monoisotopic (exact) mass is 403 g/mol. The van der Waals surface area contributed by atoms with Crippen molar-refractivity contribution in [3.8, 4) is 5.75 Å². The number of fused-ring (bicyclic) bond motifs is 1. The van der Waals surface area contributed by atoms with Crippen molar-refractivity contribution < 1.29 is 9.53 Å². The van der Waals surface area contributed by atoms with Crippen LogP contribution in [0.3, 0.4) is 0 Å². The molecule has 1 amide bonds. The minimum absolute atomic E-state index is 0.299. The molecule has 2 aromatic carbocycles. The summed E-state index contributed by atoms with van der Waals surface area (Å²) in [7, 11) is 0. The Kier molecular flexibility index (Phi) is 5.78. The zero-order valence-corrected chi connectivity index (χ0v) is 15.7. The van der Waals surface area contributed by atoms with Gasteiger partial charge in [0.15, 0.2) is 6.10 Å². The molecular weight excluding hydrogens is 389 g/mol. The molecule has 3 rings (SSSR count). The van der Waals surface area contributed by atoms with Crippen molar-refractivity contribution in [2.45, 2.75) is 13.0 Å². The van der Waals surface area contributed by atoms with Gasteiger partial charge in [-0.15, -0.1) is 0 Å². The summed E-state index contributed by atoms with van der Waals surface area (Å²) >= 11 is 11.8. The van der Waals surface area contributed by atoms with Crippen molar-refractivity contribution in [1.29, 1.82) is 0 Å². The number of hydrogen-bond acceptors (Lipinski definition) is 4. The highest BCUT2D eigenvalue weighted by molar-refractivity contribution is 6.35. The molecule has 1 aromatic heterocycles. The van der Waals surface area contributed by atoms with Gasteiger partial charge in [-0.3, -0.25) is 9.59 Å². The number of H-pyrrole nitrogens is 1. The highest BCUT2D eigenvalue weighted by atomic mass is 35.5. The number of ether oxygens (including phenoxy) is 1. The van der Waals surface area contributed by atoms with E-state index in [1.165, 1.54) is 12.3 Å². The average Bonchev–Trinajstić information content (AvgIpc) is 2.64. The minimum atomic E-state index is -0.851. The summed E-state index contributed by atoms with van der Waals surface area (Å²) in [6.45, 7) is 1.55. The first kappa shape index (κ1) is 18.9. The molecule has 0 aliphatic carbocycles. The van der Waals surface area contributed by atoms with Crippen molar-refractivity contribution in [3.63, 3.8) is 0 Å². The summed E-state index contributed by atoms with van der Waals surface area (Å²) in [5, 5.41) is 5.46. The number of hydrogen-bond donors (Lipinski definition) is 2. The van der Waals surface area contributed by atoms with Crippen LogP contribution < -0.4 is 15.7 Å². The van der Waals surface area contributed by atoms with Crippen LogP contribution in [0.5, 0.6) is 5.75 Å². The van der Waals surface area contributed by atoms with Crippen molar-refractivity contribution in [2.75, 3.05) is 0 Å². The lowest BCUT2D eigenvalue weighted by atomic mass is 10.2. The maximum atomic E-state index is 12.1. The quantitative estimate of drug-likeness (QED) is 0.502. The molecule has 0 spiro atoms. The Morgan fingerprint density at radius 2 is 2.00 bits per heavy atom. The summed E-state index contributed by atoms with van der Waals surface area (Å²) < 4.78 is 5.50. The summed E-state index contributed by atoms with van der Waals surface area (Å²) in [4.78, 5) is 26.9. The molecule has 3 aromatic rings. The lowest BCUT2D eigenvalue weighted by molar-refractivity contribution is -0.127. The molecule has 0 saturated heterocycles. The molecule has 27 heavy (non-hydrogen) atoms. The molecule has 0 aliphatic heterocycles. The van der Waals surface area contributed by atoms with Crippen LogP contribution in [-0.2, 0) is 4.79 Å². The second kappa shape index (κ2) is 8.24. The second-order valence-corrected chi connectivity index (χ2v) is 6.55. The Morgan fingerprint density at radius 1 is 1.22 bits per heavy atom. The van der Waals surface area contributed by atoms with Crippen LogP contribution in [0.1, 0.15) is 12.5 Å². The Labute approximate surface area is 164 Å². The number of rotatable bonds is 5. The maximum Gasteiger partial charge on any atom is 0.280 e. The van der Waals surface area contributed by atoms with Crippen molar-refractivity contribution >= 4 is 46.2 Å². The largest absolute Gasteiger partial charge is 0.479 e. The van der Waals surface area contributed by atoms with Crippen LogP contribution in [0.15, 0.2) is 58.4 Å². The summed E-state index contributed by atoms with van der Waals surface area (Å²) in [5.41, 5.74) is 3.09. The van der Waals surface area contributed by atoms with E-state index in [4.69, 9.17) is 27.9 Å². The topological polar surface area (TPSA) is 83.5 Å². The van der Waals surface area contributed by atoms with Gasteiger partial charge in [0.25, 0.3) is 11.5 Å². The third kappa shape index (κ3) is 4.67. The van der Waals surface area contributed by atoms with E-state index in [0.29, 0.717) is 21.4 Å². The molecule has 0 radical (unpaired) electrons. The fraction of sp³-hybridized carbons (Fsp3) is 0.105. The molecule has 8 heteroatoms. The van der Waals surface area contributed by atoms with E-state index in [9.17, 15) is 9.59 Å². The van der Waals surface area contributed by atoms with Gasteiger partial charge < -0.3 is 9.72 Å². The Balaban J connectivity index is 1.66. The Morgan fingerprint density at radius 3 is 2.78 bits per heavy atom. The third-order valence-corrected chi connectivity index (χ3v) is 4.26. The molecule has 6 nitrogen and oxygen atoms in total. The van der Waals surface area contributed by atoms with E-state index in [0.717, 1.165) is 10.9 Å². The molecule has 0 saturated carbocycles. The van der Waals surface area contributed by atoms with Gasteiger partial charge >= 0.3 is 0 Å². The molecule has 0 fully saturated rings. The SMILES string of the molecule is CC(Oc1ccc(Cl)cc1Cl)C(=O)N/N=C/c1cc2ccccc2[nH]c1=O. The van der Waals surface area contributed by atoms with E-state index < -0.39 is 12.0 Å². The lowest BCUT2D eigenvalue weighted by Crippen LogP contribution is -2.33. The van der Waals surface area contributed by atoms with Gasteiger partial charge in [-0.1, -0.05) is 41.4 Å². The van der Waals surface area contributed by atoms with Crippen LogP contribution in [0.25, 0.3) is 10.9 Å². The highest BCUT2D eigenvalue weighted by Crippen LogP contribution is 2.28. The zero-order chi connectivity index (χ0) is 19.4. The Hall–Kier alpha value is -2.83. The number of halogens is 2.